The molecule has 0 aromatic carbocycles. The third-order valence-electron chi connectivity index (χ3n) is 5.14. The summed E-state index contributed by atoms with van der Waals surface area (Å²) in [5, 5.41) is 7.22. The Morgan fingerprint density at radius 1 is 1.28 bits per heavy atom. The topological polar surface area (TPSA) is 71.5 Å². The van der Waals surface area contributed by atoms with E-state index in [4.69, 9.17) is 4.74 Å². The maximum atomic E-state index is 13.1. The van der Waals surface area contributed by atoms with Crippen LogP contribution in [0.15, 0.2) is 22.9 Å². The van der Waals surface area contributed by atoms with Gasteiger partial charge in [0.05, 0.1) is 24.6 Å². The van der Waals surface area contributed by atoms with Crippen molar-refractivity contribution in [3.8, 4) is 0 Å². The summed E-state index contributed by atoms with van der Waals surface area (Å²) in [6.07, 6.45) is 3.93. The number of hydrogen-bond donors (Lipinski definition) is 1. The highest BCUT2D eigenvalue weighted by Crippen LogP contribution is 2.26. The summed E-state index contributed by atoms with van der Waals surface area (Å²) in [6, 6.07) is 4.17. The summed E-state index contributed by atoms with van der Waals surface area (Å²) in [5.74, 6) is 2.13. The van der Waals surface area contributed by atoms with Crippen LogP contribution in [0, 0.1) is 0 Å². The smallest absolute Gasteiger partial charge is 0.231 e. The summed E-state index contributed by atoms with van der Waals surface area (Å²) in [5.41, 5.74) is 0.717. The molecular formula is C20H25N3O3S3. The number of thioether (sulfide) groups is 1. The van der Waals surface area contributed by atoms with Crippen LogP contribution in [0.2, 0.25) is 0 Å². The quantitative estimate of drug-likeness (QED) is 0.666. The number of nitrogens with one attached hydrogen (secondary N) is 1. The van der Waals surface area contributed by atoms with Crippen molar-refractivity contribution in [3.63, 3.8) is 0 Å². The average molecular weight is 452 g/mol. The first-order valence-corrected chi connectivity index (χ1v) is 12.8. The van der Waals surface area contributed by atoms with Crippen molar-refractivity contribution in [2.24, 2.45) is 0 Å². The number of carbonyl (C=O) groups excluding carboxylic acids is 2. The molecule has 1 N–H and O–H groups in total. The Labute approximate surface area is 183 Å². The van der Waals surface area contributed by atoms with Gasteiger partial charge in [-0.05, 0) is 36.5 Å². The number of rotatable bonds is 8. The molecule has 4 rings (SSSR count). The molecule has 2 unspecified atom stereocenters. The molecule has 4 heterocycles. The summed E-state index contributed by atoms with van der Waals surface area (Å²) in [7, 11) is 0. The van der Waals surface area contributed by atoms with Crippen LogP contribution in [0.5, 0.6) is 0 Å². The number of hydrogen-bond acceptors (Lipinski definition) is 7. The van der Waals surface area contributed by atoms with Gasteiger partial charge in [-0.15, -0.1) is 22.7 Å². The molecule has 2 atom stereocenters. The second-order valence-corrected chi connectivity index (χ2v) is 10.4. The molecule has 2 fully saturated rings. The molecule has 0 radical (unpaired) electrons. The van der Waals surface area contributed by atoms with Gasteiger partial charge in [0.1, 0.15) is 0 Å². The van der Waals surface area contributed by atoms with Crippen LogP contribution >= 0.6 is 34.4 Å². The molecule has 2 aliphatic heterocycles. The highest BCUT2D eigenvalue weighted by molar-refractivity contribution is 7.99. The Balaban J connectivity index is 1.34. The van der Waals surface area contributed by atoms with Gasteiger partial charge in [-0.2, -0.15) is 11.8 Å². The first-order chi connectivity index (χ1) is 14.2. The summed E-state index contributed by atoms with van der Waals surface area (Å²) in [6.45, 7) is 1.48. The predicted molar refractivity (Wildman–Crippen MR) is 119 cm³/mol. The van der Waals surface area contributed by atoms with Crippen molar-refractivity contribution in [2.45, 2.75) is 44.2 Å². The molecule has 156 valence electrons. The van der Waals surface area contributed by atoms with Crippen LogP contribution in [0.1, 0.15) is 29.8 Å². The second kappa shape index (κ2) is 10.1. The van der Waals surface area contributed by atoms with Gasteiger partial charge in [-0.1, -0.05) is 6.07 Å². The van der Waals surface area contributed by atoms with E-state index in [0.717, 1.165) is 47.9 Å². The van der Waals surface area contributed by atoms with E-state index in [1.54, 1.807) is 11.3 Å². The molecule has 0 aliphatic carbocycles. The third kappa shape index (κ3) is 5.81. The molecule has 2 amide bonds. The fourth-order valence-corrected chi connectivity index (χ4v) is 6.32. The Morgan fingerprint density at radius 3 is 2.93 bits per heavy atom. The zero-order valence-corrected chi connectivity index (χ0v) is 18.6. The highest BCUT2D eigenvalue weighted by atomic mass is 32.2. The maximum absolute atomic E-state index is 13.1. The van der Waals surface area contributed by atoms with Crippen molar-refractivity contribution in [3.05, 3.63) is 33.5 Å². The van der Waals surface area contributed by atoms with Gasteiger partial charge in [-0.3, -0.25) is 9.59 Å². The molecule has 0 saturated carbocycles. The van der Waals surface area contributed by atoms with Crippen LogP contribution in [-0.2, 0) is 27.2 Å². The second-order valence-electron chi connectivity index (χ2n) is 7.32. The van der Waals surface area contributed by atoms with E-state index in [1.807, 2.05) is 39.6 Å². The van der Waals surface area contributed by atoms with Gasteiger partial charge in [0.15, 0.2) is 5.13 Å². The van der Waals surface area contributed by atoms with Gasteiger partial charge in [-0.25, -0.2) is 4.98 Å². The zero-order valence-electron chi connectivity index (χ0n) is 16.2. The molecule has 2 aromatic heterocycles. The van der Waals surface area contributed by atoms with Gasteiger partial charge in [0, 0.05) is 35.2 Å². The van der Waals surface area contributed by atoms with E-state index in [9.17, 15) is 9.59 Å². The van der Waals surface area contributed by atoms with Crippen molar-refractivity contribution >= 4 is 51.4 Å². The number of thiophene rings is 1. The van der Waals surface area contributed by atoms with Crippen molar-refractivity contribution < 1.29 is 14.3 Å². The number of ether oxygens (including phenoxy) is 1. The maximum Gasteiger partial charge on any atom is 0.231 e. The van der Waals surface area contributed by atoms with Gasteiger partial charge in [0.2, 0.25) is 11.8 Å². The fourth-order valence-electron chi connectivity index (χ4n) is 3.67. The number of thiazole rings is 1. The van der Waals surface area contributed by atoms with E-state index in [2.05, 4.69) is 10.3 Å². The Hall–Kier alpha value is -1.42. The molecule has 2 aromatic rings. The number of nitrogens with zero attached hydrogens (tertiary/aromatic N) is 2. The Bertz CT molecular complexity index is 812. The minimum absolute atomic E-state index is 0.0809. The number of carbonyl (C=O) groups is 2. The number of amides is 2. The number of aromatic nitrogens is 1. The third-order valence-corrected chi connectivity index (χ3v) is 7.96. The molecule has 29 heavy (non-hydrogen) atoms. The minimum Gasteiger partial charge on any atom is -0.376 e. The minimum atomic E-state index is -0.0809. The van der Waals surface area contributed by atoms with Crippen LogP contribution in [0.25, 0.3) is 0 Å². The van der Waals surface area contributed by atoms with E-state index in [1.165, 1.54) is 11.3 Å². The largest absolute Gasteiger partial charge is 0.376 e. The average Bonchev–Trinajstić information content (AvgIpc) is 3.48. The molecule has 2 aliphatic rings. The van der Waals surface area contributed by atoms with Crippen LogP contribution in [-0.4, -0.2) is 58.5 Å². The monoisotopic (exact) mass is 451 g/mol. The summed E-state index contributed by atoms with van der Waals surface area (Å²) < 4.78 is 5.77. The van der Waals surface area contributed by atoms with Gasteiger partial charge >= 0.3 is 0 Å². The molecule has 6 nitrogen and oxygen atoms in total. The molecule has 0 spiro atoms. The SMILES string of the molecule is O=C(Cc1cccs1)Nc1nc(CC(=O)N(CC2CCCO2)C2CCSC2)cs1. The van der Waals surface area contributed by atoms with Crippen molar-refractivity contribution in [1.29, 1.82) is 0 Å². The van der Waals surface area contributed by atoms with E-state index < -0.39 is 0 Å². The zero-order chi connectivity index (χ0) is 20.1. The number of anilines is 1. The molecule has 9 heteroatoms. The van der Waals surface area contributed by atoms with Gasteiger partial charge < -0.3 is 15.0 Å². The normalized spacial score (nSPS) is 21.4. The van der Waals surface area contributed by atoms with Crippen molar-refractivity contribution in [1.82, 2.24) is 9.88 Å². The lowest BCUT2D eigenvalue weighted by molar-refractivity contribution is -0.134. The van der Waals surface area contributed by atoms with E-state index >= 15 is 0 Å². The summed E-state index contributed by atoms with van der Waals surface area (Å²) in [4.78, 5) is 32.7. The fraction of sp³-hybridized carbons (Fsp3) is 0.550. The lowest BCUT2D eigenvalue weighted by Crippen LogP contribution is -2.45. The predicted octanol–water partition coefficient (Wildman–Crippen LogP) is 3.44. The molecule has 2 saturated heterocycles. The standard InChI is InChI=1S/C20H25N3O3S3/c24-18(10-17-4-2-7-28-17)22-20-21-14(12-29-20)9-19(25)23(15-5-8-27-13-15)11-16-3-1-6-26-16/h2,4,7,12,15-16H,1,3,5-6,8-11,13H2,(H,21,22,24). The van der Waals surface area contributed by atoms with Crippen LogP contribution < -0.4 is 5.32 Å². The molecule has 0 bridgehead atoms. The van der Waals surface area contributed by atoms with Crippen LogP contribution in [0.3, 0.4) is 0 Å². The Kier molecular flexibility index (Phi) is 7.23. The van der Waals surface area contributed by atoms with E-state index in [0.29, 0.717) is 24.1 Å². The molecular weight excluding hydrogens is 426 g/mol. The lowest BCUT2D eigenvalue weighted by atomic mass is 10.1. The highest BCUT2D eigenvalue weighted by Gasteiger charge is 2.30. The lowest BCUT2D eigenvalue weighted by Gasteiger charge is -2.30. The first kappa shape index (κ1) is 20.8. The van der Waals surface area contributed by atoms with E-state index in [-0.39, 0.29) is 24.3 Å². The first-order valence-electron chi connectivity index (χ1n) is 9.93. The van der Waals surface area contributed by atoms with Gasteiger partial charge in [0.25, 0.3) is 0 Å². The Morgan fingerprint density at radius 2 is 2.21 bits per heavy atom. The summed E-state index contributed by atoms with van der Waals surface area (Å²) >= 11 is 4.84. The van der Waals surface area contributed by atoms with Crippen LogP contribution in [0.4, 0.5) is 5.13 Å². The van der Waals surface area contributed by atoms with Crippen molar-refractivity contribution in [2.75, 3.05) is 30.0 Å².